The molecule has 0 radical (unpaired) electrons. The van der Waals surface area contributed by atoms with Gasteiger partial charge in [-0.25, -0.2) is 4.79 Å². The third kappa shape index (κ3) is 3.37. The van der Waals surface area contributed by atoms with Gasteiger partial charge < -0.3 is 10.1 Å². The number of carbonyl (C=O) groups is 2. The van der Waals surface area contributed by atoms with Crippen molar-refractivity contribution in [3.8, 4) is 0 Å². The van der Waals surface area contributed by atoms with Gasteiger partial charge in [0.15, 0.2) is 0 Å². The quantitative estimate of drug-likeness (QED) is 0.423. The molecule has 27 heavy (non-hydrogen) atoms. The Kier molecular flexibility index (Phi) is 5.21. The largest absolute Gasteiger partial charge is 0.465 e. The molecule has 0 fully saturated rings. The van der Waals surface area contributed by atoms with Crippen LogP contribution in [0.15, 0.2) is 24.3 Å². The number of nitrogens with one attached hydrogen (secondary N) is 1. The number of aryl methyl sites for hydroxylation is 1. The van der Waals surface area contributed by atoms with Gasteiger partial charge in [0.2, 0.25) is 0 Å². The Morgan fingerprint density at radius 1 is 1.11 bits per heavy atom. The van der Waals surface area contributed by atoms with E-state index in [2.05, 4.69) is 5.32 Å². The third-order valence-corrected chi connectivity index (χ3v) is 7.66. The van der Waals surface area contributed by atoms with E-state index in [1.54, 1.807) is 0 Å². The number of amides is 1. The van der Waals surface area contributed by atoms with Crippen LogP contribution in [-0.2, 0) is 17.6 Å². The van der Waals surface area contributed by atoms with Gasteiger partial charge in [-0.1, -0.05) is 36.2 Å². The number of rotatable bonds is 3. The molecule has 3 aromatic rings. The number of esters is 1. The molecule has 1 N–H and O–H groups in total. The summed E-state index contributed by atoms with van der Waals surface area (Å²) in [7, 11) is 1.37. The molecule has 1 aromatic carbocycles. The van der Waals surface area contributed by atoms with Crippen molar-refractivity contribution in [2.45, 2.75) is 32.1 Å². The normalized spacial score (nSPS) is 13.9. The second-order valence-electron chi connectivity index (χ2n) is 6.46. The van der Waals surface area contributed by atoms with Gasteiger partial charge in [-0.2, -0.15) is 0 Å². The summed E-state index contributed by atoms with van der Waals surface area (Å²) in [4.78, 5) is 27.0. The summed E-state index contributed by atoms with van der Waals surface area (Å²) >= 11 is 9.27. The summed E-state index contributed by atoms with van der Waals surface area (Å²) in [6.07, 6.45) is 5.08. The van der Waals surface area contributed by atoms with E-state index in [9.17, 15) is 9.59 Å². The van der Waals surface area contributed by atoms with Gasteiger partial charge in [-0.05, 0) is 37.3 Å². The molecule has 2 heterocycles. The number of thiophene rings is 2. The highest BCUT2D eigenvalue weighted by Gasteiger charge is 2.27. The topological polar surface area (TPSA) is 55.4 Å². The van der Waals surface area contributed by atoms with Crippen molar-refractivity contribution in [1.82, 2.24) is 0 Å². The number of fused-ring (bicyclic) bond motifs is 2. The highest BCUT2D eigenvalue weighted by molar-refractivity contribution is 7.22. The molecule has 0 unspecified atom stereocenters. The van der Waals surface area contributed by atoms with E-state index in [-0.39, 0.29) is 5.91 Å². The molecule has 0 atom stereocenters. The van der Waals surface area contributed by atoms with Gasteiger partial charge in [0.25, 0.3) is 5.91 Å². The lowest BCUT2D eigenvalue weighted by Crippen LogP contribution is -2.14. The zero-order valence-electron chi connectivity index (χ0n) is 14.8. The summed E-state index contributed by atoms with van der Waals surface area (Å²) in [5, 5.41) is 4.80. The van der Waals surface area contributed by atoms with Crippen LogP contribution in [0.1, 0.15) is 49.7 Å². The van der Waals surface area contributed by atoms with E-state index >= 15 is 0 Å². The van der Waals surface area contributed by atoms with Crippen molar-refractivity contribution in [2.75, 3.05) is 12.4 Å². The molecule has 0 bridgehead atoms. The number of methoxy groups -OCH3 is 1. The van der Waals surface area contributed by atoms with Crippen molar-refractivity contribution in [3.05, 3.63) is 50.2 Å². The first kappa shape index (κ1) is 18.5. The SMILES string of the molecule is COC(=O)c1c(NC(=O)c2sc3ccccc3c2Cl)sc2c1CCCCC2. The fourth-order valence-electron chi connectivity index (χ4n) is 3.47. The second kappa shape index (κ2) is 7.62. The highest BCUT2D eigenvalue weighted by Crippen LogP contribution is 2.40. The number of hydrogen-bond acceptors (Lipinski definition) is 5. The summed E-state index contributed by atoms with van der Waals surface area (Å²) in [6, 6.07) is 7.66. The number of carbonyl (C=O) groups excluding carboxylic acids is 2. The molecule has 4 rings (SSSR count). The molecule has 0 aliphatic heterocycles. The summed E-state index contributed by atoms with van der Waals surface area (Å²) in [6.45, 7) is 0. The predicted octanol–water partition coefficient (Wildman–Crippen LogP) is 5.92. The molecular weight excluding hydrogens is 402 g/mol. The third-order valence-electron chi connectivity index (χ3n) is 4.78. The molecule has 4 nitrogen and oxygen atoms in total. The Balaban J connectivity index is 1.72. The number of benzene rings is 1. The Labute approximate surface area is 170 Å². The van der Waals surface area contributed by atoms with Crippen LogP contribution >= 0.6 is 34.3 Å². The van der Waals surface area contributed by atoms with Gasteiger partial charge >= 0.3 is 5.97 Å². The van der Waals surface area contributed by atoms with Crippen molar-refractivity contribution >= 4 is 61.2 Å². The van der Waals surface area contributed by atoms with E-state index in [1.807, 2.05) is 24.3 Å². The van der Waals surface area contributed by atoms with Crippen LogP contribution < -0.4 is 5.32 Å². The van der Waals surface area contributed by atoms with Crippen LogP contribution in [0.5, 0.6) is 0 Å². The number of ether oxygens (including phenoxy) is 1. The maximum absolute atomic E-state index is 12.9. The fraction of sp³-hybridized carbons (Fsp3) is 0.300. The van der Waals surface area contributed by atoms with Crippen molar-refractivity contribution in [2.24, 2.45) is 0 Å². The van der Waals surface area contributed by atoms with E-state index < -0.39 is 5.97 Å². The van der Waals surface area contributed by atoms with E-state index in [1.165, 1.54) is 34.7 Å². The number of anilines is 1. The Hall–Kier alpha value is -1.89. The number of halogens is 1. The average Bonchev–Trinajstić information content (AvgIpc) is 3.09. The Morgan fingerprint density at radius 2 is 1.89 bits per heavy atom. The van der Waals surface area contributed by atoms with Crippen molar-refractivity contribution in [1.29, 1.82) is 0 Å². The smallest absolute Gasteiger partial charge is 0.341 e. The molecule has 1 aliphatic carbocycles. The van der Waals surface area contributed by atoms with Crippen LogP contribution in [0.3, 0.4) is 0 Å². The van der Waals surface area contributed by atoms with Gasteiger partial charge in [-0.15, -0.1) is 22.7 Å². The first-order valence-corrected chi connectivity index (χ1v) is 10.8. The zero-order chi connectivity index (χ0) is 19.0. The average molecular weight is 420 g/mol. The highest BCUT2D eigenvalue weighted by atomic mass is 35.5. The Bertz CT molecular complexity index is 1040. The molecule has 0 saturated carbocycles. The summed E-state index contributed by atoms with van der Waals surface area (Å²) in [5.41, 5.74) is 1.53. The lowest BCUT2D eigenvalue weighted by Gasteiger charge is -2.07. The summed E-state index contributed by atoms with van der Waals surface area (Å²) in [5.74, 6) is -0.685. The minimum atomic E-state index is -0.396. The van der Waals surface area contributed by atoms with Gasteiger partial charge in [0, 0.05) is 15.0 Å². The molecule has 0 saturated heterocycles. The lowest BCUT2D eigenvalue weighted by molar-refractivity contribution is 0.0601. The first-order valence-electron chi connectivity index (χ1n) is 8.81. The van der Waals surface area contributed by atoms with E-state index in [0.29, 0.717) is 20.5 Å². The summed E-state index contributed by atoms with van der Waals surface area (Å²) < 4.78 is 5.96. The predicted molar refractivity (Wildman–Crippen MR) is 112 cm³/mol. The monoisotopic (exact) mass is 419 g/mol. The maximum Gasteiger partial charge on any atom is 0.341 e. The molecule has 2 aromatic heterocycles. The van der Waals surface area contributed by atoms with Crippen molar-refractivity contribution in [3.63, 3.8) is 0 Å². The standard InChI is InChI=1S/C20H18ClNO3S2/c1-25-20(24)15-11-7-3-2-4-9-13(11)27-19(15)22-18(23)17-16(21)12-8-5-6-10-14(12)26-17/h5-6,8,10H,2-4,7,9H2,1H3,(H,22,23). The van der Waals surface area contributed by atoms with Gasteiger partial charge in [0.05, 0.1) is 17.7 Å². The second-order valence-corrected chi connectivity index (χ2v) is 8.99. The minimum absolute atomic E-state index is 0.289. The molecule has 1 amide bonds. The number of hydrogen-bond donors (Lipinski definition) is 1. The first-order chi connectivity index (χ1) is 13.1. The lowest BCUT2D eigenvalue weighted by atomic mass is 10.1. The van der Waals surface area contributed by atoms with Crippen LogP contribution in [-0.4, -0.2) is 19.0 Å². The minimum Gasteiger partial charge on any atom is -0.465 e. The van der Waals surface area contributed by atoms with Crippen LogP contribution in [0.4, 0.5) is 5.00 Å². The van der Waals surface area contributed by atoms with E-state index in [0.717, 1.165) is 47.8 Å². The Morgan fingerprint density at radius 3 is 2.67 bits per heavy atom. The fourth-order valence-corrected chi connectivity index (χ4v) is 6.15. The van der Waals surface area contributed by atoms with Crippen LogP contribution in [0.2, 0.25) is 5.02 Å². The van der Waals surface area contributed by atoms with Crippen molar-refractivity contribution < 1.29 is 14.3 Å². The van der Waals surface area contributed by atoms with E-state index in [4.69, 9.17) is 16.3 Å². The molecule has 0 spiro atoms. The zero-order valence-corrected chi connectivity index (χ0v) is 17.2. The molecule has 140 valence electrons. The van der Waals surface area contributed by atoms with Gasteiger partial charge in [-0.3, -0.25) is 4.79 Å². The molecule has 7 heteroatoms. The maximum atomic E-state index is 12.9. The van der Waals surface area contributed by atoms with Crippen LogP contribution in [0.25, 0.3) is 10.1 Å². The molecule has 1 aliphatic rings. The van der Waals surface area contributed by atoms with Gasteiger partial charge in [0.1, 0.15) is 9.88 Å². The molecular formula is C20H18ClNO3S2. The van der Waals surface area contributed by atoms with Crippen LogP contribution in [0, 0.1) is 0 Å².